The van der Waals surface area contributed by atoms with Gasteiger partial charge in [-0.2, -0.15) is 0 Å². The van der Waals surface area contributed by atoms with Crippen LogP contribution in [0.1, 0.15) is 51.0 Å². The standard InChI is InChI=1S/C18H26FNO2S/c1-17(14-5-7-15(19)8-6-14)11-16(12-17)20-13-18(23(2,21)22)9-3-4-10-18/h5-8,16,20H,3-4,9-13H2,1-2H3. The van der Waals surface area contributed by atoms with E-state index >= 15 is 0 Å². The summed E-state index contributed by atoms with van der Waals surface area (Å²) >= 11 is 0. The molecule has 2 fully saturated rings. The topological polar surface area (TPSA) is 46.2 Å². The summed E-state index contributed by atoms with van der Waals surface area (Å²) in [6.45, 7) is 2.76. The molecule has 0 atom stereocenters. The van der Waals surface area contributed by atoms with Crippen LogP contribution >= 0.6 is 0 Å². The highest BCUT2D eigenvalue weighted by Gasteiger charge is 2.46. The van der Waals surface area contributed by atoms with E-state index in [-0.39, 0.29) is 11.2 Å². The van der Waals surface area contributed by atoms with Gasteiger partial charge in [0.1, 0.15) is 5.82 Å². The van der Waals surface area contributed by atoms with E-state index in [9.17, 15) is 12.8 Å². The quantitative estimate of drug-likeness (QED) is 0.896. The minimum Gasteiger partial charge on any atom is -0.312 e. The smallest absolute Gasteiger partial charge is 0.154 e. The Morgan fingerprint density at radius 1 is 1.17 bits per heavy atom. The Kier molecular flexibility index (Phi) is 4.30. The van der Waals surface area contributed by atoms with Gasteiger partial charge in [-0.15, -0.1) is 0 Å². The molecule has 0 spiro atoms. The normalized spacial score (nSPS) is 30.1. The van der Waals surface area contributed by atoms with Crippen molar-refractivity contribution in [1.82, 2.24) is 5.32 Å². The predicted octanol–water partition coefficient (Wildman–Crippen LogP) is 3.19. The van der Waals surface area contributed by atoms with E-state index in [0.29, 0.717) is 12.6 Å². The molecule has 2 aliphatic rings. The largest absolute Gasteiger partial charge is 0.312 e. The summed E-state index contributed by atoms with van der Waals surface area (Å²) in [5, 5.41) is 3.49. The number of hydrogen-bond acceptors (Lipinski definition) is 3. The van der Waals surface area contributed by atoms with Gasteiger partial charge in [0.2, 0.25) is 0 Å². The number of halogens is 1. The zero-order valence-electron chi connectivity index (χ0n) is 13.9. The van der Waals surface area contributed by atoms with E-state index in [2.05, 4.69) is 12.2 Å². The highest BCUT2D eigenvalue weighted by molar-refractivity contribution is 7.92. The SMILES string of the molecule is CC1(c2ccc(F)cc2)CC(NCC2(S(C)(=O)=O)CCCC2)C1. The summed E-state index contributed by atoms with van der Waals surface area (Å²) in [5.74, 6) is -0.206. The first-order valence-electron chi connectivity index (χ1n) is 8.43. The van der Waals surface area contributed by atoms with Gasteiger partial charge in [-0.25, -0.2) is 12.8 Å². The van der Waals surface area contributed by atoms with E-state index in [1.165, 1.54) is 18.4 Å². The van der Waals surface area contributed by atoms with Crippen molar-refractivity contribution in [2.45, 2.75) is 61.7 Å². The van der Waals surface area contributed by atoms with Gasteiger partial charge in [-0.3, -0.25) is 0 Å². The molecule has 3 rings (SSSR count). The van der Waals surface area contributed by atoms with Gasteiger partial charge in [0.15, 0.2) is 9.84 Å². The van der Waals surface area contributed by atoms with Gasteiger partial charge in [0, 0.05) is 18.8 Å². The first-order valence-corrected chi connectivity index (χ1v) is 10.3. The Labute approximate surface area is 138 Å². The number of nitrogens with one attached hydrogen (secondary N) is 1. The maximum atomic E-state index is 13.1. The average molecular weight is 339 g/mol. The Hall–Kier alpha value is -0.940. The molecule has 1 aromatic carbocycles. The third-order valence-corrected chi connectivity index (χ3v) is 8.07. The van der Waals surface area contributed by atoms with Crippen molar-refractivity contribution >= 4 is 9.84 Å². The first-order chi connectivity index (χ1) is 10.7. The molecule has 5 heteroatoms. The monoisotopic (exact) mass is 339 g/mol. The Bertz CT molecular complexity index is 657. The van der Waals surface area contributed by atoms with Crippen molar-refractivity contribution in [3.63, 3.8) is 0 Å². The van der Waals surface area contributed by atoms with Crippen LogP contribution in [0, 0.1) is 5.82 Å². The van der Waals surface area contributed by atoms with Crippen molar-refractivity contribution in [1.29, 1.82) is 0 Å². The molecule has 2 saturated carbocycles. The van der Waals surface area contributed by atoms with Gasteiger partial charge >= 0.3 is 0 Å². The molecule has 0 bridgehead atoms. The van der Waals surface area contributed by atoms with Crippen LogP contribution in [0.15, 0.2) is 24.3 Å². The van der Waals surface area contributed by atoms with E-state index < -0.39 is 14.6 Å². The highest BCUT2D eigenvalue weighted by Crippen LogP contribution is 2.44. The molecule has 0 saturated heterocycles. The van der Waals surface area contributed by atoms with Crippen molar-refractivity contribution in [2.75, 3.05) is 12.8 Å². The molecule has 1 aromatic rings. The first kappa shape index (κ1) is 16.9. The molecule has 0 aromatic heterocycles. The number of hydrogen-bond donors (Lipinski definition) is 1. The van der Waals surface area contributed by atoms with Crippen LogP contribution in [-0.2, 0) is 15.3 Å². The van der Waals surface area contributed by atoms with E-state index in [4.69, 9.17) is 0 Å². The Morgan fingerprint density at radius 3 is 2.26 bits per heavy atom. The van der Waals surface area contributed by atoms with Crippen molar-refractivity contribution < 1.29 is 12.8 Å². The maximum Gasteiger partial charge on any atom is 0.154 e. The third-order valence-electron chi connectivity index (χ3n) is 5.95. The molecule has 1 N–H and O–H groups in total. The molecule has 23 heavy (non-hydrogen) atoms. The fourth-order valence-corrected chi connectivity index (χ4v) is 5.66. The molecule has 3 nitrogen and oxygen atoms in total. The van der Waals surface area contributed by atoms with E-state index in [1.807, 2.05) is 12.1 Å². The summed E-state index contributed by atoms with van der Waals surface area (Å²) < 4.78 is 36.9. The molecule has 0 heterocycles. The lowest BCUT2D eigenvalue weighted by molar-refractivity contribution is 0.185. The van der Waals surface area contributed by atoms with Gasteiger partial charge in [0.05, 0.1) is 4.75 Å². The van der Waals surface area contributed by atoms with Gasteiger partial charge in [-0.1, -0.05) is 31.9 Å². The zero-order valence-corrected chi connectivity index (χ0v) is 14.8. The minimum atomic E-state index is -3.03. The molecular weight excluding hydrogens is 313 g/mol. The zero-order chi connectivity index (χ0) is 16.7. The highest BCUT2D eigenvalue weighted by atomic mass is 32.2. The maximum absolute atomic E-state index is 13.1. The van der Waals surface area contributed by atoms with Crippen LogP contribution in [0.2, 0.25) is 0 Å². The fourth-order valence-electron chi connectivity index (χ4n) is 4.29. The number of benzene rings is 1. The third kappa shape index (κ3) is 3.18. The van der Waals surface area contributed by atoms with E-state index in [1.54, 1.807) is 0 Å². The van der Waals surface area contributed by atoms with Crippen LogP contribution in [0.3, 0.4) is 0 Å². The fraction of sp³-hybridized carbons (Fsp3) is 0.667. The van der Waals surface area contributed by atoms with Gasteiger partial charge in [-0.05, 0) is 48.8 Å². The second-order valence-corrected chi connectivity index (χ2v) is 10.1. The van der Waals surface area contributed by atoms with Crippen LogP contribution < -0.4 is 5.32 Å². The summed E-state index contributed by atoms with van der Waals surface area (Å²) in [7, 11) is -3.03. The molecule has 0 radical (unpaired) electrons. The van der Waals surface area contributed by atoms with Crippen molar-refractivity contribution in [2.24, 2.45) is 0 Å². The summed E-state index contributed by atoms with van der Waals surface area (Å²) in [6, 6.07) is 7.10. The van der Waals surface area contributed by atoms with Crippen LogP contribution in [0.4, 0.5) is 4.39 Å². The number of sulfone groups is 1. The van der Waals surface area contributed by atoms with Crippen LogP contribution in [0.5, 0.6) is 0 Å². The van der Waals surface area contributed by atoms with Gasteiger partial charge < -0.3 is 5.32 Å². The van der Waals surface area contributed by atoms with Crippen molar-refractivity contribution in [3.8, 4) is 0 Å². The molecule has 0 amide bonds. The number of rotatable bonds is 5. The Balaban J connectivity index is 1.59. The van der Waals surface area contributed by atoms with Gasteiger partial charge in [0.25, 0.3) is 0 Å². The predicted molar refractivity (Wildman–Crippen MR) is 90.8 cm³/mol. The molecular formula is C18H26FNO2S. The summed E-state index contributed by atoms with van der Waals surface area (Å²) in [5.41, 5.74) is 1.23. The molecule has 128 valence electrons. The lowest BCUT2D eigenvalue weighted by Gasteiger charge is -2.47. The van der Waals surface area contributed by atoms with Crippen molar-refractivity contribution in [3.05, 3.63) is 35.6 Å². The van der Waals surface area contributed by atoms with Crippen LogP contribution in [-0.4, -0.2) is 32.0 Å². The molecule has 0 aliphatic heterocycles. The summed E-state index contributed by atoms with van der Waals surface area (Å²) in [4.78, 5) is 0. The summed E-state index contributed by atoms with van der Waals surface area (Å²) in [6.07, 6.45) is 6.89. The lowest BCUT2D eigenvalue weighted by Crippen LogP contribution is -2.55. The molecule has 0 unspecified atom stereocenters. The average Bonchev–Trinajstić information content (AvgIpc) is 2.93. The van der Waals surface area contributed by atoms with E-state index in [0.717, 1.165) is 44.1 Å². The lowest BCUT2D eigenvalue weighted by atomic mass is 9.63. The second kappa shape index (κ2) is 5.85. The molecule has 2 aliphatic carbocycles. The Morgan fingerprint density at radius 2 is 1.74 bits per heavy atom. The minimum absolute atomic E-state index is 0.0687. The van der Waals surface area contributed by atoms with Crippen LogP contribution in [0.25, 0.3) is 0 Å². The second-order valence-electron chi connectivity index (χ2n) is 7.72.